The van der Waals surface area contributed by atoms with E-state index in [0.717, 1.165) is 12.1 Å². The molecule has 1 aromatic rings. The van der Waals surface area contributed by atoms with Gasteiger partial charge in [0, 0.05) is 13.1 Å². The van der Waals surface area contributed by atoms with Crippen LogP contribution >= 0.6 is 11.6 Å². The number of amides is 2. The SMILES string of the molecule is NC(=O)NCCNc1cc(Cl)c(F)cc1[N+](=O)[O-]. The number of carbonyl (C=O) groups excluding carboxylic acids is 1. The number of anilines is 1. The Kier molecular flexibility index (Phi) is 4.67. The molecule has 0 saturated heterocycles. The number of urea groups is 1. The van der Waals surface area contributed by atoms with Gasteiger partial charge in [-0.05, 0) is 6.07 Å². The Morgan fingerprint density at radius 2 is 2.17 bits per heavy atom. The quantitative estimate of drug-likeness (QED) is 0.429. The third-order valence-electron chi connectivity index (χ3n) is 1.97. The van der Waals surface area contributed by atoms with Gasteiger partial charge in [-0.3, -0.25) is 10.1 Å². The number of nitrogens with two attached hydrogens (primary N) is 1. The summed E-state index contributed by atoms with van der Waals surface area (Å²) in [6.45, 7) is 0.354. The van der Waals surface area contributed by atoms with Gasteiger partial charge in [0.05, 0.1) is 16.0 Å². The maximum Gasteiger partial charge on any atom is 0.312 e. The van der Waals surface area contributed by atoms with Gasteiger partial charge in [-0.15, -0.1) is 0 Å². The minimum atomic E-state index is -0.871. The number of benzene rings is 1. The molecule has 0 aliphatic carbocycles. The molecule has 0 saturated carbocycles. The van der Waals surface area contributed by atoms with Crippen molar-refractivity contribution in [1.82, 2.24) is 5.32 Å². The fourth-order valence-corrected chi connectivity index (χ4v) is 1.38. The van der Waals surface area contributed by atoms with Crippen LogP contribution in [0.4, 0.5) is 20.6 Å². The summed E-state index contributed by atoms with van der Waals surface area (Å²) >= 11 is 5.53. The van der Waals surface area contributed by atoms with Crippen LogP contribution in [0.25, 0.3) is 0 Å². The molecule has 0 fully saturated rings. The van der Waals surface area contributed by atoms with Gasteiger partial charge >= 0.3 is 6.03 Å². The van der Waals surface area contributed by atoms with E-state index >= 15 is 0 Å². The van der Waals surface area contributed by atoms with E-state index in [-0.39, 0.29) is 23.8 Å². The first kappa shape index (κ1) is 14.0. The molecule has 2 amide bonds. The van der Waals surface area contributed by atoms with Gasteiger partial charge in [0.1, 0.15) is 11.5 Å². The van der Waals surface area contributed by atoms with Crippen LogP contribution in [-0.4, -0.2) is 24.0 Å². The van der Waals surface area contributed by atoms with Crippen LogP contribution in [0.1, 0.15) is 0 Å². The van der Waals surface area contributed by atoms with Crippen LogP contribution in [0.3, 0.4) is 0 Å². The molecule has 0 spiro atoms. The Bertz CT molecular complexity index is 483. The average Bonchev–Trinajstić information content (AvgIpc) is 2.28. The number of nitrogens with one attached hydrogen (secondary N) is 2. The Morgan fingerprint density at radius 1 is 1.50 bits per heavy atom. The van der Waals surface area contributed by atoms with Gasteiger partial charge in [0.2, 0.25) is 0 Å². The molecule has 9 heteroatoms. The minimum absolute atomic E-state index is 0.0673. The van der Waals surface area contributed by atoms with Crippen LogP contribution in [0.5, 0.6) is 0 Å². The monoisotopic (exact) mass is 276 g/mol. The smallest absolute Gasteiger partial charge is 0.312 e. The number of carbonyl (C=O) groups is 1. The molecule has 98 valence electrons. The zero-order chi connectivity index (χ0) is 13.7. The number of nitrogens with zero attached hydrogens (tertiary/aromatic N) is 1. The first-order chi connectivity index (χ1) is 8.41. The summed E-state index contributed by atoms with van der Waals surface area (Å²) in [5, 5.41) is 15.4. The van der Waals surface area contributed by atoms with E-state index in [1.807, 2.05) is 0 Å². The number of primary amides is 1. The summed E-state index contributed by atoms with van der Waals surface area (Å²) in [7, 11) is 0. The van der Waals surface area contributed by atoms with E-state index in [2.05, 4.69) is 10.6 Å². The van der Waals surface area contributed by atoms with Gasteiger partial charge in [-0.1, -0.05) is 11.6 Å². The van der Waals surface area contributed by atoms with Crippen LogP contribution < -0.4 is 16.4 Å². The molecule has 4 N–H and O–H groups in total. The molecule has 0 aliphatic heterocycles. The van der Waals surface area contributed by atoms with Crippen molar-refractivity contribution in [2.75, 3.05) is 18.4 Å². The molecule has 0 bridgehead atoms. The molecule has 1 aromatic carbocycles. The van der Waals surface area contributed by atoms with Crippen LogP contribution in [0, 0.1) is 15.9 Å². The van der Waals surface area contributed by atoms with E-state index in [9.17, 15) is 19.3 Å². The molecule has 1 rings (SSSR count). The molecule has 7 nitrogen and oxygen atoms in total. The molecule has 0 unspecified atom stereocenters. The fourth-order valence-electron chi connectivity index (χ4n) is 1.21. The van der Waals surface area contributed by atoms with Gasteiger partial charge in [-0.2, -0.15) is 0 Å². The first-order valence-corrected chi connectivity index (χ1v) is 5.20. The lowest BCUT2D eigenvalue weighted by Gasteiger charge is -2.08. The fraction of sp³-hybridized carbons (Fsp3) is 0.222. The standard InChI is InChI=1S/C9H10ClFN4O3/c10-5-3-7(13-1-2-14-9(12)16)8(15(17)18)4-6(5)11/h3-4,13H,1-2H2,(H3,12,14,16). The molecule has 0 radical (unpaired) electrons. The third-order valence-corrected chi connectivity index (χ3v) is 2.26. The number of nitro benzene ring substituents is 1. The maximum atomic E-state index is 13.1. The molecule has 0 heterocycles. The van der Waals surface area contributed by atoms with Crippen molar-refractivity contribution >= 4 is 29.0 Å². The summed E-state index contributed by atoms with van der Waals surface area (Å²) in [5.41, 5.74) is 4.47. The topological polar surface area (TPSA) is 110 Å². The number of rotatable bonds is 5. The lowest BCUT2D eigenvalue weighted by molar-refractivity contribution is -0.384. The number of nitro groups is 1. The van der Waals surface area contributed by atoms with Crippen molar-refractivity contribution in [2.45, 2.75) is 0 Å². The molecular weight excluding hydrogens is 267 g/mol. The predicted molar refractivity (Wildman–Crippen MR) is 64.1 cm³/mol. The van der Waals surface area contributed by atoms with Gasteiger partial charge in [0.25, 0.3) is 5.69 Å². The van der Waals surface area contributed by atoms with Crippen molar-refractivity contribution in [3.05, 3.63) is 33.1 Å². The minimum Gasteiger partial charge on any atom is -0.378 e. The normalized spacial score (nSPS) is 9.89. The first-order valence-electron chi connectivity index (χ1n) is 4.82. The Labute approximate surface area is 106 Å². The van der Waals surface area contributed by atoms with Crippen LogP contribution in [0.15, 0.2) is 12.1 Å². The largest absolute Gasteiger partial charge is 0.378 e. The van der Waals surface area contributed by atoms with Gasteiger partial charge in [0.15, 0.2) is 0 Å². The third kappa shape index (κ3) is 3.74. The number of hydrogen-bond acceptors (Lipinski definition) is 4. The number of hydrogen-bond donors (Lipinski definition) is 3. The van der Waals surface area contributed by atoms with E-state index in [0.29, 0.717) is 0 Å². The summed E-state index contributed by atoms with van der Waals surface area (Å²) in [6, 6.07) is 1.13. The summed E-state index contributed by atoms with van der Waals surface area (Å²) in [6.07, 6.45) is 0. The second kappa shape index (κ2) is 6.01. The highest BCUT2D eigenvalue weighted by Crippen LogP contribution is 2.29. The van der Waals surface area contributed by atoms with Crippen molar-refractivity contribution in [2.24, 2.45) is 5.73 Å². The zero-order valence-corrected chi connectivity index (χ0v) is 9.83. The summed E-state index contributed by atoms with van der Waals surface area (Å²) in [5.74, 6) is -0.871. The lowest BCUT2D eigenvalue weighted by atomic mass is 10.2. The summed E-state index contributed by atoms with van der Waals surface area (Å²) < 4.78 is 13.1. The molecule has 0 atom stereocenters. The van der Waals surface area contributed by atoms with E-state index in [1.165, 1.54) is 0 Å². The second-order valence-corrected chi connectivity index (χ2v) is 3.67. The average molecular weight is 277 g/mol. The van der Waals surface area contributed by atoms with E-state index < -0.39 is 22.5 Å². The molecular formula is C9H10ClFN4O3. The van der Waals surface area contributed by atoms with Crippen molar-refractivity contribution in [3.63, 3.8) is 0 Å². The molecule has 0 aromatic heterocycles. The zero-order valence-electron chi connectivity index (χ0n) is 9.07. The highest BCUT2D eigenvalue weighted by Gasteiger charge is 2.17. The highest BCUT2D eigenvalue weighted by atomic mass is 35.5. The second-order valence-electron chi connectivity index (χ2n) is 3.26. The highest BCUT2D eigenvalue weighted by molar-refractivity contribution is 6.31. The Morgan fingerprint density at radius 3 is 2.72 bits per heavy atom. The summed E-state index contributed by atoms with van der Waals surface area (Å²) in [4.78, 5) is 20.3. The van der Waals surface area contributed by atoms with Crippen molar-refractivity contribution < 1.29 is 14.1 Å². The van der Waals surface area contributed by atoms with Gasteiger partial charge < -0.3 is 16.4 Å². The Balaban J connectivity index is 2.77. The lowest BCUT2D eigenvalue weighted by Crippen LogP contribution is -2.33. The predicted octanol–water partition coefficient (Wildman–Crippen LogP) is 1.47. The molecule has 0 aliphatic rings. The molecule has 18 heavy (non-hydrogen) atoms. The van der Waals surface area contributed by atoms with Crippen molar-refractivity contribution in [1.29, 1.82) is 0 Å². The van der Waals surface area contributed by atoms with E-state index in [1.54, 1.807) is 0 Å². The van der Waals surface area contributed by atoms with E-state index in [4.69, 9.17) is 17.3 Å². The van der Waals surface area contributed by atoms with Crippen LogP contribution in [0.2, 0.25) is 5.02 Å². The van der Waals surface area contributed by atoms with Gasteiger partial charge in [-0.25, -0.2) is 9.18 Å². The maximum absolute atomic E-state index is 13.1. The number of halogens is 2. The van der Waals surface area contributed by atoms with Crippen LogP contribution in [-0.2, 0) is 0 Å². The van der Waals surface area contributed by atoms with Crippen molar-refractivity contribution in [3.8, 4) is 0 Å². The Hall–Kier alpha value is -2.09.